The maximum atomic E-state index is 13.7. The van der Waals surface area contributed by atoms with Gasteiger partial charge < -0.3 is 5.32 Å². The maximum Gasteiger partial charge on any atom is 0.128 e. The predicted molar refractivity (Wildman–Crippen MR) is 83.3 cm³/mol. The summed E-state index contributed by atoms with van der Waals surface area (Å²) in [6.07, 6.45) is 2.40. The summed E-state index contributed by atoms with van der Waals surface area (Å²) in [5, 5.41) is 3.23. The molecule has 1 aromatic rings. The molecule has 19 heavy (non-hydrogen) atoms. The number of rotatable bonds is 4. The first-order valence-corrected chi connectivity index (χ1v) is 7.30. The molecule has 0 radical (unpaired) electrons. The van der Waals surface area contributed by atoms with Gasteiger partial charge in [-0.2, -0.15) is 0 Å². The summed E-state index contributed by atoms with van der Waals surface area (Å²) in [4.78, 5) is 2.34. The summed E-state index contributed by atoms with van der Waals surface area (Å²) in [5.41, 5.74) is 0.782. The van der Waals surface area contributed by atoms with Gasteiger partial charge in [-0.25, -0.2) is 4.39 Å². The monoisotopic (exact) mass is 350 g/mol. The predicted octanol–water partition coefficient (Wildman–Crippen LogP) is 3.44. The van der Waals surface area contributed by atoms with E-state index in [9.17, 15) is 4.39 Å². The lowest BCUT2D eigenvalue weighted by Gasteiger charge is -2.32. The Bertz CT molecular complexity index is 375. The molecule has 108 valence electrons. The third kappa shape index (κ3) is 4.71. The van der Waals surface area contributed by atoms with E-state index in [1.54, 1.807) is 6.07 Å². The molecule has 1 aliphatic rings. The molecule has 2 nitrogen and oxygen atoms in total. The van der Waals surface area contributed by atoms with Gasteiger partial charge in [0.05, 0.1) is 0 Å². The maximum absolute atomic E-state index is 13.7. The molecule has 0 bridgehead atoms. The fourth-order valence-electron chi connectivity index (χ4n) is 2.54. The van der Waals surface area contributed by atoms with Crippen molar-refractivity contribution in [1.82, 2.24) is 10.2 Å². The van der Waals surface area contributed by atoms with E-state index in [0.29, 0.717) is 6.54 Å². The van der Waals surface area contributed by atoms with E-state index in [1.165, 1.54) is 18.9 Å². The Balaban J connectivity index is 0.00000180. The van der Waals surface area contributed by atoms with Gasteiger partial charge in [0.15, 0.2) is 0 Å². The lowest BCUT2D eigenvalue weighted by molar-refractivity contribution is 0.175. The molecule has 1 fully saturated rings. The van der Waals surface area contributed by atoms with Gasteiger partial charge in [0, 0.05) is 16.6 Å². The fraction of sp³-hybridized carbons (Fsp3) is 0.571. The van der Waals surface area contributed by atoms with Crippen LogP contribution in [0.15, 0.2) is 22.7 Å². The van der Waals surface area contributed by atoms with E-state index < -0.39 is 0 Å². The van der Waals surface area contributed by atoms with E-state index in [4.69, 9.17) is 0 Å². The Morgan fingerprint density at radius 3 is 2.63 bits per heavy atom. The first kappa shape index (κ1) is 16.9. The van der Waals surface area contributed by atoms with Crippen LogP contribution in [0.5, 0.6) is 0 Å². The highest BCUT2D eigenvalue weighted by Gasteiger charge is 2.20. The molecule has 0 aliphatic carbocycles. The van der Waals surface area contributed by atoms with Crippen LogP contribution in [-0.2, 0) is 6.54 Å². The van der Waals surface area contributed by atoms with Crippen molar-refractivity contribution in [2.24, 2.45) is 5.92 Å². The number of benzene rings is 1. The van der Waals surface area contributed by atoms with Gasteiger partial charge in [-0.3, -0.25) is 4.90 Å². The molecule has 0 atom stereocenters. The number of piperidine rings is 1. The zero-order valence-corrected chi connectivity index (χ0v) is 13.6. The molecule has 0 aromatic heterocycles. The molecule has 1 aromatic carbocycles. The molecule has 1 saturated heterocycles. The number of hydrogen-bond acceptors (Lipinski definition) is 2. The van der Waals surface area contributed by atoms with Crippen LogP contribution >= 0.6 is 28.3 Å². The topological polar surface area (TPSA) is 15.3 Å². The van der Waals surface area contributed by atoms with Gasteiger partial charge in [-0.05, 0) is 57.6 Å². The van der Waals surface area contributed by atoms with Crippen molar-refractivity contribution in [3.05, 3.63) is 34.1 Å². The minimum absolute atomic E-state index is 0. The molecule has 5 heteroatoms. The van der Waals surface area contributed by atoms with Crippen molar-refractivity contribution < 1.29 is 4.39 Å². The number of hydrogen-bond donors (Lipinski definition) is 1. The summed E-state index contributed by atoms with van der Waals surface area (Å²) < 4.78 is 14.6. The summed E-state index contributed by atoms with van der Waals surface area (Å²) in [6, 6.07) is 5.18. The molecular formula is C14H21BrClFN2. The minimum Gasteiger partial charge on any atom is -0.319 e. The number of halogens is 3. The zero-order valence-electron chi connectivity index (χ0n) is 11.2. The van der Waals surface area contributed by atoms with Crippen LogP contribution in [-0.4, -0.2) is 31.6 Å². The molecule has 0 saturated carbocycles. The third-order valence-electron chi connectivity index (χ3n) is 3.64. The van der Waals surface area contributed by atoms with Crippen LogP contribution < -0.4 is 5.32 Å². The summed E-state index contributed by atoms with van der Waals surface area (Å²) in [7, 11) is 2.00. The van der Waals surface area contributed by atoms with Crippen molar-refractivity contribution in [2.75, 3.05) is 26.7 Å². The highest BCUT2D eigenvalue weighted by molar-refractivity contribution is 9.10. The summed E-state index contributed by atoms with van der Waals surface area (Å²) in [6.45, 7) is 3.93. The summed E-state index contributed by atoms with van der Waals surface area (Å²) >= 11 is 3.43. The Kier molecular flexibility index (Phi) is 7.29. The van der Waals surface area contributed by atoms with E-state index in [2.05, 4.69) is 26.1 Å². The Morgan fingerprint density at radius 2 is 2.05 bits per heavy atom. The van der Waals surface area contributed by atoms with E-state index >= 15 is 0 Å². The van der Waals surface area contributed by atoms with Crippen LogP contribution in [0.25, 0.3) is 0 Å². The molecule has 1 aliphatic heterocycles. The van der Waals surface area contributed by atoms with E-state index in [-0.39, 0.29) is 18.2 Å². The number of nitrogens with zero attached hydrogens (tertiary/aromatic N) is 1. The number of nitrogens with one attached hydrogen (secondary N) is 1. The smallest absolute Gasteiger partial charge is 0.128 e. The quantitative estimate of drug-likeness (QED) is 0.894. The first-order valence-electron chi connectivity index (χ1n) is 6.50. The largest absolute Gasteiger partial charge is 0.319 e. The second-order valence-electron chi connectivity index (χ2n) is 4.98. The molecule has 2 rings (SSSR count). The fourth-order valence-corrected chi connectivity index (χ4v) is 3.01. The Hall–Kier alpha value is -0.160. The van der Waals surface area contributed by atoms with Crippen molar-refractivity contribution in [3.8, 4) is 0 Å². The lowest BCUT2D eigenvalue weighted by atomic mass is 9.96. The normalized spacial score (nSPS) is 17.2. The second kappa shape index (κ2) is 8.20. The minimum atomic E-state index is -0.110. The first-order chi connectivity index (χ1) is 8.70. The Labute approximate surface area is 129 Å². The van der Waals surface area contributed by atoms with Gasteiger partial charge in [0.1, 0.15) is 5.82 Å². The Morgan fingerprint density at radius 1 is 1.37 bits per heavy atom. The lowest BCUT2D eigenvalue weighted by Crippen LogP contribution is -2.36. The highest BCUT2D eigenvalue weighted by Crippen LogP contribution is 2.24. The molecule has 1 heterocycles. The molecule has 0 amide bonds. The molecule has 0 unspecified atom stereocenters. The van der Waals surface area contributed by atoms with Crippen LogP contribution in [0, 0.1) is 11.7 Å². The van der Waals surface area contributed by atoms with E-state index in [0.717, 1.165) is 35.6 Å². The average Bonchev–Trinajstić information content (AvgIpc) is 2.36. The van der Waals surface area contributed by atoms with Crippen LogP contribution in [0.2, 0.25) is 0 Å². The van der Waals surface area contributed by atoms with Gasteiger partial charge in [0.25, 0.3) is 0 Å². The average molecular weight is 352 g/mol. The number of likely N-dealkylation sites (tertiary alicyclic amines) is 1. The van der Waals surface area contributed by atoms with Crippen molar-refractivity contribution >= 4 is 28.3 Å². The van der Waals surface area contributed by atoms with Gasteiger partial charge in [-0.1, -0.05) is 22.0 Å². The van der Waals surface area contributed by atoms with Crippen LogP contribution in [0.4, 0.5) is 4.39 Å². The highest BCUT2D eigenvalue weighted by atomic mass is 79.9. The summed E-state index contributed by atoms with van der Waals surface area (Å²) in [5.74, 6) is 0.664. The second-order valence-corrected chi connectivity index (χ2v) is 5.83. The van der Waals surface area contributed by atoms with Gasteiger partial charge in [0.2, 0.25) is 0 Å². The van der Waals surface area contributed by atoms with Gasteiger partial charge >= 0.3 is 0 Å². The molecule has 1 N–H and O–H groups in total. The van der Waals surface area contributed by atoms with Crippen molar-refractivity contribution in [2.45, 2.75) is 19.4 Å². The molecule has 0 spiro atoms. The van der Waals surface area contributed by atoms with Crippen molar-refractivity contribution in [1.29, 1.82) is 0 Å². The van der Waals surface area contributed by atoms with Gasteiger partial charge in [-0.15, -0.1) is 12.4 Å². The third-order valence-corrected chi connectivity index (χ3v) is 4.39. The van der Waals surface area contributed by atoms with Crippen LogP contribution in [0.3, 0.4) is 0 Å². The SMILES string of the molecule is CNCC1CCN(Cc2c(F)cccc2Br)CC1.Cl. The molecular weight excluding hydrogens is 331 g/mol. The van der Waals surface area contributed by atoms with E-state index in [1.807, 2.05) is 13.1 Å². The van der Waals surface area contributed by atoms with Crippen molar-refractivity contribution in [3.63, 3.8) is 0 Å². The standard InChI is InChI=1S/C14H20BrFN2.ClH/c1-17-9-11-5-7-18(8-6-11)10-12-13(15)3-2-4-14(12)16;/h2-4,11,17H,5-10H2,1H3;1H. The zero-order chi connectivity index (χ0) is 13.0. The van der Waals surface area contributed by atoms with Crippen LogP contribution in [0.1, 0.15) is 18.4 Å².